The maximum atomic E-state index is 13.2. The van der Waals surface area contributed by atoms with E-state index in [-0.39, 0.29) is 18.6 Å². The number of aliphatic hydroxyl groups excluding tert-OH is 1. The van der Waals surface area contributed by atoms with Gasteiger partial charge in [-0.1, -0.05) is 12.1 Å². The molecular formula is C26H39N7O10S. The summed E-state index contributed by atoms with van der Waals surface area (Å²) in [5.74, 6) is -6.15. The van der Waals surface area contributed by atoms with Gasteiger partial charge in [-0.25, -0.2) is 0 Å². The van der Waals surface area contributed by atoms with Crippen LogP contribution >= 0.6 is 11.8 Å². The van der Waals surface area contributed by atoms with Gasteiger partial charge >= 0.3 is 5.97 Å². The fraction of sp³-hybridized carbons (Fsp3) is 0.500. The van der Waals surface area contributed by atoms with Crippen molar-refractivity contribution in [2.75, 3.05) is 25.2 Å². The number of phenolic OH excluding ortho intramolecular Hbond substituents is 1. The van der Waals surface area contributed by atoms with Gasteiger partial charge in [0, 0.05) is 6.42 Å². The Balaban J connectivity index is 3.06. The first-order valence-corrected chi connectivity index (χ1v) is 14.7. The molecule has 0 unspecified atom stereocenters. The summed E-state index contributed by atoms with van der Waals surface area (Å²) in [6, 6.07) is -0.983. The number of benzene rings is 1. The molecule has 0 aliphatic rings. The minimum atomic E-state index is -1.56. The Morgan fingerprint density at radius 2 is 1.45 bits per heavy atom. The molecule has 0 spiro atoms. The van der Waals surface area contributed by atoms with E-state index in [1.165, 1.54) is 43.0 Å². The standard InChI is InChI=1S/C26H39N7O10S/c1-13(26(42)43)30-24(40)17(7-8-44-2)31-21(37)11-29-23(39)18(9-14-3-5-15(35)6-4-14)33-25(41)19(10-20(28)36)32-22(38)16(27)12-34/h3-6,13,16-19,34-35H,7-12,27H2,1-2H3,(H2,28,36)(H,29,39)(H,30,40)(H,31,37)(H,32,38)(H,33,41)(H,42,43)/t13-,16-,17-,18-,19-/m0/s1. The van der Waals surface area contributed by atoms with E-state index in [1.54, 1.807) is 6.26 Å². The van der Waals surface area contributed by atoms with Gasteiger partial charge in [0.2, 0.25) is 35.4 Å². The van der Waals surface area contributed by atoms with Crippen LogP contribution in [0, 0.1) is 0 Å². The molecule has 44 heavy (non-hydrogen) atoms. The number of nitrogens with two attached hydrogens (primary N) is 2. The van der Waals surface area contributed by atoms with E-state index >= 15 is 0 Å². The molecule has 0 bridgehead atoms. The van der Waals surface area contributed by atoms with Gasteiger partial charge in [-0.2, -0.15) is 11.8 Å². The minimum Gasteiger partial charge on any atom is -0.508 e. The third-order valence-electron chi connectivity index (χ3n) is 6.00. The first-order valence-electron chi connectivity index (χ1n) is 13.3. The molecule has 5 atom stereocenters. The molecule has 0 heterocycles. The zero-order valence-corrected chi connectivity index (χ0v) is 25.0. The van der Waals surface area contributed by atoms with Crippen LogP contribution in [-0.2, 0) is 40.0 Å². The van der Waals surface area contributed by atoms with Crippen LogP contribution < -0.4 is 38.1 Å². The van der Waals surface area contributed by atoms with Gasteiger partial charge < -0.3 is 53.4 Å². The summed E-state index contributed by atoms with van der Waals surface area (Å²) in [4.78, 5) is 86.2. The summed E-state index contributed by atoms with van der Waals surface area (Å²) in [5.41, 5.74) is 11.1. The number of rotatable bonds is 19. The minimum absolute atomic E-state index is 0.0577. The topological polar surface area (TPSA) is 292 Å². The summed E-state index contributed by atoms with van der Waals surface area (Å²) < 4.78 is 0. The number of thioether (sulfide) groups is 1. The number of nitrogens with one attached hydrogen (secondary N) is 5. The van der Waals surface area contributed by atoms with Gasteiger partial charge in [-0.3, -0.25) is 33.6 Å². The molecule has 0 saturated heterocycles. The number of amides is 6. The number of primary amides is 1. The Kier molecular flexibility index (Phi) is 16.2. The van der Waals surface area contributed by atoms with Gasteiger partial charge in [0.05, 0.1) is 19.6 Å². The Hall–Kier alpha value is -4.42. The van der Waals surface area contributed by atoms with Crippen molar-refractivity contribution in [1.82, 2.24) is 26.6 Å². The summed E-state index contributed by atoms with van der Waals surface area (Å²) >= 11 is 1.39. The molecule has 1 aromatic rings. The lowest BCUT2D eigenvalue weighted by Crippen LogP contribution is -2.58. The largest absolute Gasteiger partial charge is 0.508 e. The molecule has 12 N–H and O–H groups in total. The summed E-state index contributed by atoms with van der Waals surface area (Å²) in [5, 5.41) is 39.4. The Bertz CT molecular complexity index is 1180. The van der Waals surface area contributed by atoms with E-state index in [4.69, 9.17) is 21.7 Å². The Morgan fingerprint density at radius 1 is 0.864 bits per heavy atom. The highest BCUT2D eigenvalue weighted by Crippen LogP contribution is 2.12. The SMILES string of the molecule is CSCC[C@H](NC(=O)CNC(=O)[C@H](Cc1ccc(O)cc1)NC(=O)[C@H](CC(N)=O)NC(=O)[C@@H](N)CO)C(=O)N[C@@H](C)C(=O)O. The molecule has 0 aliphatic heterocycles. The van der Waals surface area contributed by atoms with Crippen LogP contribution in [0.1, 0.15) is 25.3 Å². The maximum absolute atomic E-state index is 13.2. The summed E-state index contributed by atoms with van der Waals surface area (Å²) in [6.07, 6.45) is 1.13. The number of carbonyl (C=O) groups excluding carboxylic acids is 6. The molecule has 0 aliphatic carbocycles. The summed E-state index contributed by atoms with van der Waals surface area (Å²) in [7, 11) is 0. The quantitative estimate of drug-likeness (QED) is 0.0692. The highest BCUT2D eigenvalue weighted by atomic mass is 32.2. The van der Waals surface area contributed by atoms with Crippen LogP contribution in [0.2, 0.25) is 0 Å². The van der Waals surface area contributed by atoms with Gasteiger partial charge in [-0.05, 0) is 43.0 Å². The first-order chi connectivity index (χ1) is 20.7. The predicted octanol–water partition coefficient (Wildman–Crippen LogP) is -3.96. The van der Waals surface area contributed by atoms with Crippen LogP contribution in [0.15, 0.2) is 24.3 Å². The highest BCUT2D eigenvalue weighted by Gasteiger charge is 2.30. The van der Waals surface area contributed by atoms with Crippen molar-refractivity contribution in [3.05, 3.63) is 29.8 Å². The molecule has 1 aromatic carbocycles. The highest BCUT2D eigenvalue weighted by molar-refractivity contribution is 7.98. The number of phenols is 1. The number of aromatic hydroxyl groups is 1. The molecule has 0 fully saturated rings. The second kappa shape index (κ2) is 19.0. The molecule has 0 saturated carbocycles. The van der Waals surface area contributed by atoms with E-state index in [2.05, 4.69) is 26.6 Å². The van der Waals surface area contributed by atoms with Crippen molar-refractivity contribution in [2.45, 2.75) is 56.4 Å². The number of hydrogen-bond donors (Lipinski definition) is 10. The lowest BCUT2D eigenvalue weighted by molar-refractivity contribution is -0.141. The third kappa shape index (κ3) is 13.7. The Labute approximate surface area is 257 Å². The van der Waals surface area contributed by atoms with Crippen LogP contribution in [0.3, 0.4) is 0 Å². The second-order valence-corrected chi connectivity index (χ2v) is 10.6. The number of carboxylic acids is 1. The predicted molar refractivity (Wildman–Crippen MR) is 158 cm³/mol. The molecule has 0 aromatic heterocycles. The van der Waals surface area contributed by atoms with E-state index in [9.17, 15) is 38.7 Å². The molecule has 17 nitrogen and oxygen atoms in total. The monoisotopic (exact) mass is 641 g/mol. The zero-order valence-electron chi connectivity index (χ0n) is 24.2. The molecular weight excluding hydrogens is 602 g/mol. The molecule has 6 amide bonds. The van der Waals surface area contributed by atoms with Crippen molar-refractivity contribution >= 4 is 53.2 Å². The lowest BCUT2D eigenvalue weighted by atomic mass is 10.0. The van der Waals surface area contributed by atoms with Crippen LogP contribution in [-0.4, -0.2) is 112 Å². The van der Waals surface area contributed by atoms with Crippen molar-refractivity contribution in [3.63, 3.8) is 0 Å². The van der Waals surface area contributed by atoms with Crippen LogP contribution in [0.25, 0.3) is 0 Å². The number of aliphatic carboxylic acids is 1. The maximum Gasteiger partial charge on any atom is 0.325 e. The van der Waals surface area contributed by atoms with Gasteiger partial charge in [0.1, 0.15) is 36.0 Å². The van der Waals surface area contributed by atoms with E-state index < -0.39 is 91.2 Å². The molecule has 0 radical (unpaired) electrons. The van der Waals surface area contributed by atoms with Crippen molar-refractivity contribution in [1.29, 1.82) is 0 Å². The molecule has 244 valence electrons. The van der Waals surface area contributed by atoms with Crippen molar-refractivity contribution < 1.29 is 48.9 Å². The third-order valence-corrected chi connectivity index (χ3v) is 6.64. The zero-order chi connectivity index (χ0) is 33.4. The second-order valence-electron chi connectivity index (χ2n) is 9.64. The van der Waals surface area contributed by atoms with E-state index in [0.717, 1.165) is 0 Å². The van der Waals surface area contributed by atoms with Crippen LogP contribution in [0.5, 0.6) is 5.75 Å². The Morgan fingerprint density at radius 3 is 2.00 bits per heavy atom. The van der Waals surface area contributed by atoms with E-state index in [0.29, 0.717) is 11.3 Å². The summed E-state index contributed by atoms with van der Waals surface area (Å²) in [6.45, 7) is -0.120. The lowest BCUT2D eigenvalue weighted by Gasteiger charge is -2.24. The fourth-order valence-electron chi connectivity index (χ4n) is 3.54. The van der Waals surface area contributed by atoms with Gasteiger partial charge in [-0.15, -0.1) is 0 Å². The number of aliphatic hydroxyl groups is 1. The number of carbonyl (C=O) groups is 7. The average Bonchev–Trinajstić information content (AvgIpc) is 2.97. The molecule has 18 heteroatoms. The van der Waals surface area contributed by atoms with Gasteiger partial charge in [0.15, 0.2) is 0 Å². The first kappa shape index (κ1) is 37.6. The number of hydrogen-bond acceptors (Lipinski definition) is 11. The average molecular weight is 642 g/mol. The molecule has 1 rings (SSSR count). The number of carboxylic acid groups (broad SMARTS) is 1. The van der Waals surface area contributed by atoms with Gasteiger partial charge in [0.25, 0.3) is 0 Å². The van der Waals surface area contributed by atoms with Crippen LogP contribution in [0.4, 0.5) is 0 Å². The van der Waals surface area contributed by atoms with E-state index in [1.807, 2.05) is 0 Å². The smallest absolute Gasteiger partial charge is 0.325 e. The van der Waals surface area contributed by atoms with Crippen molar-refractivity contribution in [3.8, 4) is 5.75 Å². The fourth-order valence-corrected chi connectivity index (χ4v) is 4.01. The normalized spacial score (nSPS) is 14.1. The van der Waals surface area contributed by atoms with Crippen molar-refractivity contribution in [2.24, 2.45) is 11.5 Å².